The van der Waals surface area contributed by atoms with Crippen LogP contribution in [-0.4, -0.2) is 47.7 Å². The van der Waals surface area contributed by atoms with Crippen LogP contribution in [0.2, 0.25) is 0 Å². The van der Waals surface area contributed by atoms with E-state index in [-0.39, 0.29) is 5.41 Å². The predicted octanol–water partition coefficient (Wildman–Crippen LogP) is 1.92. The molecule has 0 aromatic rings. The van der Waals surface area contributed by atoms with Crippen LogP contribution >= 0.6 is 0 Å². The SMILES string of the molecule is CCCC1(C(=O)N2CCCC(C)(O)CC2)CCCNC1. The molecule has 2 heterocycles. The van der Waals surface area contributed by atoms with Crippen molar-refractivity contribution in [2.24, 2.45) is 5.41 Å². The maximum atomic E-state index is 13.0. The molecule has 20 heavy (non-hydrogen) atoms. The Hall–Kier alpha value is -0.610. The highest BCUT2D eigenvalue weighted by Gasteiger charge is 2.42. The van der Waals surface area contributed by atoms with Gasteiger partial charge in [-0.1, -0.05) is 13.3 Å². The van der Waals surface area contributed by atoms with Crippen molar-refractivity contribution < 1.29 is 9.90 Å². The van der Waals surface area contributed by atoms with E-state index >= 15 is 0 Å². The molecule has 0 aromatic carbocycles. The molecule has 0 bridgehead atoms. The molecule has 2 atom stereocenters. The summed E-state index contributed by atoms with van der Waals surface area (Å²) in [5.74, 6) is 0.323. The van der Waals surface area contributed by atoms with Gasteiger partial charge in [0.1, 0.15) is 0 Å². The summed E-state index contributed by atoms with van der Waals surface area (Å²) in [4.78, 5) is 15.1. The Morgan fingerprint density at radius 1 is 1.25 bits per heavy atom. The number of likely N-dealkylation sites (tertiary alicyclic amines) is 1. The van der Waals surface area contributed by atoms with E-state index in [1.807, 2.05) is 11.8 Å². The van der Waals surface area contributed by atoms with Crippen molar-refractivity contribution in [1.29, 1.82) is 0 Å². The maximum Gasteiger partial charge on any atom is 0.230 e. The zero-order valence-corrected chi connectivity index (χ0v) is 13.1. The fourth-order valence-electron chi connectivity index (χ4n) is 3.75. The second-order valence-electron chi connectivity index (χ2n) is 6.95. The van der Waals surface area contributed by atoms with Crippen LogP contribution in [0.5, 0.6) is 0 Å². The monoisotopic (exact) mass is 282 g/mol. The van der Waals surface area contributed by atoms with Crippen molar-refractivity contribution in [3.8, 4) is 0 Å². The first kappa shape index (κ1) is 15.8. The quantitative estimate of drug-likeness (QED) is 0.831. The summed E-state index contributed by atoms with van der Waals surface area (Å²) < 4.78 is 0. The first-order valence-corrected chi connectivity index (χ1v) is 8.22. The standard InChI is InChI=1S/C16H30N2O2/c1-3-6-16(8-4-10-17-13-16)14(19)18-11-5-7-15(2,20)9-12-18/h17,20H,3-13H2,1-2H3. The van der Waals surface area contributed by atoms with Gasteiger partial charge in [-0.3, -0.25) is 4.79 Å². The molecular weight excluding hydrogens is 252 g/mol. The number of piperidine rings is 1. The summed E-state index contributed by atoms with van der Waals surface area (Å²) in [5.41, 5.74) is -0.791. The van der Waals surface area contributed by atoms with Gasteiger partial charge < -0.3 is 15.3 Å². The van der Waals surface area contributed by atoms with E-state index in [2.05, 4.69) is 12.2 Å². The van der Waals surface area contributed by atoms with Gasteiger partial charge in [0.15, 0.2) is 0 Å². The number of hydrogen-bond acceptors (Lipinski definition) is 3. The van der Waals surface area contributed by atoms with Gasteiger partial charge in [-0.2, -0.15) is 0 Å². The molecule has 0 spiro atoms. The second kappa shape index (κ2) is 6.44. The lowest BCUT2D eigenvalue weighted by Gasteiger charge is -2.40. The lowest BCUT2D eigenvalue weighted by molar-refractivity contribution is -0.144. The highest BCUT2D eigenvalue weighted by atomic mass is 16.3. The van der Waals surface area contributed by atoms with E-state index in [1.54, 1.807) is 0 Å². The molecule has 1 amide bonds. The van der Waals surface area contributed by atoms with Crippen molar-refractivity contribution >= 4 is 5.91 Å². The van der Waals surface area contributed by atoms with E-state index in [4.69, 9.17) is 0 Å². The Labute approximate surface area is 122 Å². The number of rotatable bonds is 3. The number of amides is 1. The van der Waals surface area contributed by atoms with Crippen molar-refractivity contribution in [2.45, 2.75) is 64.4 Å². The van der Waals surface area contributed by atoms with Gasteiger partial charge in [-0.15, -0.1) is 0 Å². The Morgan fingerprint density at radius 2 is 2.05 bits per heavy atom. The fraction of sp³-hybridized carbons (Fsp3) is 0.938. The predicted molar refractivity (Wildman–Crippen MR) is 80.5 cm³/mol. The van der Waals surface area contributed by atoms with Gasteiger partial charge in [-0.05, 0) is 52.0 Å². The molecule has 0 aromatic heterocycles. The maximum absolute atomic E-state index is 13.0. The van der Waals surface area contributed by atoms with Gasteiger partial charge in [0.05, 0.1) is 11.0 Å². The van der Waals surface area contributed by atoms with Crippen LogP contribution in [0.1, 0.15) is 58.8 Å². The molecule has 2 aliphatic rings. The molecular formula is C16H30N2O2. The molecule has 2 saturated heterocycles. The second-order valence-corrected chi connectivity index (χ2v) is 6.95. The lowest BCUT2D eigenvalue weighted by Crippen LogP contribution is -2.52. The molecule has 0 saturated carbocycles. The number of carbonyl (C=O) groups excluding carboxylic acids is 1. The highest BCUT2D eigenvalue weighted by Crippen LogP contribution is 2.35. The average molecular weight is 282 g/mol. The minimum absolute atomic E-state index is 0.191. The van der Waals surface area contributed by atoms with Gasteiger partial charge in [0.2, 0.25) is 5.91 Å². The first-order chi connectivity index (χ1) is 9.49. The van der Waals surface area contributed by atoms with E-state index < -0.39 is 5.60 Å². The molecule has 4 heteroatoms. The van der Waals surface area contributed by atoms with Crippen LogP contribution in [-0.2, 0) is 4.79 Å². The first-order valence-electron chi connectivity index (χ1n) is 8.22. The molecule has 2 aliphatic heterocycles. The number of aliphatic hydroxyl groups is 1. The summed E-state index contributed by atoms with van der Waals surface area (Å²) in [7, 11) is 0. The Bertz CT molecular complexity index is 330. The number of nitrogens with zero attached hydrogens (tertiary/aromatic N) is 1. The van der Waals surface area contributed by atoms with E-state index in [1.165, 1.54) is 0 Å². The van der Waals surface area contributed by atoms with Crippen LogP contribution in [0.15, 0.2) is 0 Å². The van der Waals surface area contributed by atoms with E-state index in [9.17, 15) is 9.90 Å². The van der Waals surface area contributed by atoms with Crippen molar-refractivity contribution in [2.75, 3.05) is 26.2 Å². The molecule has 0 aliphatic carbocycles. The molecule has 2 rings (SSSR count). The summed E-state index contributed by atoms with van der Waals surface area (Å²) in [6, 6.07) is 0. The van der Waals surface area contributed by atoms with Gasteiger partial charge in [0.25, 0.3) is 0 Å². The van der Waals surface area contributed by atoms with Crippen LogP contribution in [0.25, 0.3) is 0 Å². The number of nitrogens with one attached hydrogen (secondary N) is 1. The molecule has 2 unspecified atom stereocenters. The van der Waals surface area contributed by atoms with Crippen molar-refractivity contribution in [3.05, 3.63) is 0 Å². The smallest absolute Gasteiger partial charge is 0.230 e. The Kier molecular flexibility index (Phi) is 5.08. The molecule has 2 N–H and O–H groups in total. The zero-order valence-electron chi connectivity index (χ0n) is 13.1. The third-order valence-electron chi connectivity index (χ3n) is 5.01. The Morgan fingerprint density at radius 3 is 2.70 bits per heavy atom. The van der Waals surface area contributed by atoms with E-state index in [0.717, 1.165) is 58.2 Å². The summed E-state index contributed by atoms with van der Waals surface area (Å²) in [6.07, 6.45) is 6.56. The lowest BCUT2D eigenvalue weighted by atomic mass is 9.75. The Balaban J connectivity index is 2.07. The number of carbonyl (C=O) groups is 1. The van der Waals surface area contributed by atoms with Crippen LogP contribution in [0.4, 0.5) is 0 Å². The van der Waals surface area contributed by atoms with E-state index in [0.29, 0.717) is 18.9 Å². The van der Waals surface area contributed by atoms with Gasteiger partial charge in [-0.25, -0.2) is 0 Å². The van der Waals surface area contributed by atoms with Crippen LogP contribution < -0.4 is 5.32 Å². The molecule has 0 radical (unpaired) electrons. The minimum Gasteiger partial charge on any atom is -0.390 e. The molecule has 116 valence electrons. The molecule has 2 fully saturated rings. The fourth-order valence-corrected chi connectivity index (χ4v) is 3.75. The van der Waals surface area contributed by atoms with Crippen molar-refractivity contribution in [3.63, 3.8) is 0 Å². The third-order valence-corrected chi connectivity index (χ3v) is 5.01. The zero-order chi connectivity index (χ0) is 14.6. The normalized spacial score (nSPS) is 35.6. The minimum atomic E-state index is -0.599. The number of hydrogen-bond donors (Lipinski definition) is 2. The summed E-state index contributed by atoms with van der Waals surface area (Å²) in [5, 5.41) is 13.6. The van der Waals surface area contributed by atoms with Gasteiger partial charge >= 0.3 is 0 Å². The van der Waals surface area contributed by atoms with Crippen LogP contribution in [0, 0.1) is 5.41 Å². The van der Waals surface area contributed by atoms with Crippen LogP contribution in [0.3, 0.4) is 0 Å². The topological polar surface area (TPSA) is 52.6 Å². The van der Waals surface area contributed by atoms with Gasteiger partial charge in [0, 0.05) is 19.6 Å². The largest absolute Gasteiger partial charge is 0.390 e. The third kappa shape index (κ3) is 3.53. The molecule has 4 nitrogen and oxygen atoms in total. The van der Waals surface area contributed by atoms with Crippen molar-refractivity contribution in [1.82, 2.24) is 10.2 Å². The summed E-state index contributed by atoms with van der Waals surface area (Å²) >= 11 is 0. The average Bonchev–Trinajstić information content (AvgIpc) is 2.60. The summed E-state index contributed by atoms with van der Waals surface area (Å²) in [6.45, 7) is 7.43. The highest BCUT2D eigenvalue weighted by molar-refractivity contribution is 5.83.